The Hall–Kier alpha value is -2.94. The Kier molecular flexibility index (Phi) is 9.57. The first-order valence-electron chi connectivity index (χ1n) is 13.9. The highest BCUT2D eigenvalue weighted by molar-refractivity contribution is 6.05. The van der Waals surface area contributed by atoms with Crippen molar-refractivity contribution in [1.82, 2.24) is 15.1 Å². The van der Waals surface area contributed by atoms with Gasteiger partial charge in [0.05, 0.1) is 5.92 Å². The van der Waals surface area contributed by atoms with Crippen LogP contribution in [-0.4, -0.2) is 77.9 Å². The zero-order valence-electron chi connectivity index (χ0n) is 24.0. The third-order valence-electron chi connectivity index (χ3n) is 7.42. The average molecular weight is 529 g/mol. The van der Waals surface area contributed by atoms with Crippen LogP contribution in [0.5, 0.6) is 0 Å². The van der Waals surface area contributed by atoms with E-state index in [1.165, 1.54) is 0 Å². The van der Waals surface area contributed by atoms with Crippen molar-refractivity contribution in [2.45, 2.75) is 79.5 Å². The molecule has 1 N–H and O–H groups in total. The van der Waals surface area contributed by atoms with Crippen LogP contribution in [0.2, 0.25) is 0 Å². The summed E-state index contributed by atoms with van der Waals surface area (Å²) >= 11 is 0. The molecule has 0 radical (unpaired) electrons. The number of hydrogen-bond donors (Lipinski definition) is 1. The summed E-state index contributed by atoms with van der Waals surface area (Å²) in [6, 6.07) is 5.30. The molecule has 0 aromatic heterocycles. The predicted molar refractivity (Wildman–Crippen MR) is 147 cm³/mol. The topological polar surface area (TPSA) is 99.3 Å². The van der Waals surface area contributed by atoms with Crippen molar-refractivity contribution in [2.75, 3.05) is 37.6 Å². The number of benzene rings is 1. The fraction of sp³-hybridized carbons (Fsp3) is 0.655. The zero-order chi connectivity index (χ0) is 28.2. The van der Waals surface area contributed by atoms with Crippen LogP contribution in [-0.2, 0) is 25.7 Å². The molecule has 3 heterocycles. The second-order valence-electron chi connectivity index (χ2n) is 11.3. The van der Waals surface area contributed by atoms with Crippen LogP contribution >= 0.6 is 0 Å². The molecule has 2 unspecified atom stereocenters. The summed E-state index contributed by atoms with van der Waals surface area (Å²) in [6.45, 7) is 18.4. The van der Waals surface area contributed by atoms with Gasteiger partial charge in [0.15, 0.2) is 0 Å². The highest BCUT2D eigenvalue weighted by atomic mass is 16.6. The number of anilines is 1. The molecule has 1 aromatic carbocycles. The number of nitrogens with one attached hydrogen (secondary N) is 1. The highest BCUT2D eigenvalue weighted by Crippen LogP contribution is 2.31. The van der Waals surface area contributed by atoms with E-state index in [9.17, 15) is 19.2 Å². The standard InChI is InChI=1S/C27H38N4O5.C2H6/c1-17(18(2)26(35)36-27(3,4)5)15-29-10-12-30(13-11-29)20-6-7-21-19(14-20)16-31(25(21)34)22-8-9-23(32)28-24(22)33;1-2/h6-7,14,17-18,22H,8-13,15-16H2,1-5H3,(H,28,32,33);1-2H3/t17?,18?,22-;/m0./s1. The molecular weight excluding hydrogens is 484 g/mol. The quantitative estimate of drug-likeness (QED) is 0.447. The molecule has 3 atom stereocenters. The SMILES string of the molecule is CC.CC(CN1CCN(c2ccc3c(c2)CN([C@H]2CCC(=O)NC2=O)C3=O)CC1)C(C)C(=O)OC(C)(C)C. The van der Waals surface area contributed by atoms with Crippen molar-refractivity contribution in [3.63, 3.8) is 0 Å². The number of piperidine rings is 1. The van der Waals surface area contributed by atoms with E-state index in [0.717, 1.165) is 44.0 Å². The lowest BCUT2D eigenvalue weighted by Crippen LogP contribution is -2.52. The maximum Gasteiger partial charge on any atom is 0.309 e. The van der Waals surface area contributed by atoms with Gasteiger partial charge in [-0.15, -0.1) is 0 Å². The molecule has 0 aliphatic carbocycles. The van der Waals surface area contributed by atoms with E-state index in [2.05, 4.69) is 28.1 Å². The maximum atomic E-state index is 12.9. The van der Waals surface area contributed by atoms with Crippen molar-refractivity contribution >= 4 is 29.4 Å². The summed E-state index contributed by atoms with van der Waals surface area (Å²) in [6.07, 6.45) is 0.616. The van der Waals surface area contributed by atoms with Gasteiger partial charge in [0, 0.05) is 56.9 Å². The van der Waals surface area contributed by atoms with Gasteiger partial charge in [-0.2, -0.15) is 0 Å². The van der Waals surface area contributed by atoms with Crippen LogP contribution in [0.3, 0.4) is 0 Å². The Bertz CT molecular complexity index is 1040. The summed E-state index contributed by atoms with van der Waals surface area (Å²) in [5.74, 6) is -0.939. The summed E-state index contributed by atoms with van der Waals surface area (Å²) in [5.41, 5.74) is 2.15. The number of amides is 3. The van der Waals surface area contributed by atoms with Gasteiger partial charge in [0.25, 0.3) is 5.91 Å². The van der Waals surface area contributed by atoms with E-state index >= 15 is 0 Å². The fourth-order valence-corrected chi connectivity index (χ4v) is 5.14. The molecule has 9 nitrogen and oxygen atoms in total. The maximum absolute atomic E-state index is 12.9. The predicted octanol–water partition coefficient (Wildman–Crippen LogP) is 3.21. The lowest BCUT2D eigenvalue weighted by atomic mass is 9.95. The molecule has 2 saturated heterocycles. The second kappa shape index (κ2) is 12.3. The van der Waals surface area contributed by atoms with Crippen LogP contribution in [0.4, 0.5) is 5.69 Å². The Morgan fingerprint density at radius 1 is 1.08 bits per heavy atom. The van der Waals surface area contributed by atoms with Crippen LogP contribution < -0.4 is 10.2 Å². The van der Waals surface area contributed by atoms with Crippen molar-refractivity contribution in [3.8, 4) is 0 Å². The molecular formula is C29H44N4O5. The first-order valence-corrected chi connectivity index (χ1v) is 13.9. The number of esters is 1. The molecule has 0 bridgehead atoms. The van der Waals surface area contributed by atoms with Gasteiger partial charge in [-0.1, -0.05) is 27.7 Å². The summed E-state index contributed by atoms with van der Waals surface area (Å²) in [4.78, 5) is 55.4. The number of carbonyl (C=O) groups excluding carboxylic acids is 4. The van der Waals surface area contributed by atoms with Crippen LogP contribution in [0.1, 0.15) is 77.2 Å². The van der Waals surface area contributed by atoms with E-state index in [1.807, 2.05) is 53.7 Å². The molecule has 38 heavy (non-hydrogen) atoms. The molecule has 9 heteroatoms. The minimum Gasteiger partial charge on any atom is -0.460 e. The van der Waals surface area contributed by atoms with Crippen molar-refractivity contribution < 1.29 is 23.9 Å². The van der Waals surface area contributed by atoms with Gasteiger partial charge >= 0.3 is 5.97 Å². The van der Waals surface area contributed by atoms with Crippen LogP contribution in [0, 0.1) is 11.8 Å². The number of ether oxygens (including phenoxy) is 1. The smallest absolute Gasteiger partial charge is 0.309 e. The van der Waals surface area contributed by atoms with Gasteiger partial charge in [0.1, 0.15) is 11.6 Å². The first kappa shape index (κ1) is 29.6. The van der Waals surface area contributed by atoms with Crippen molar-refractivity contribution in [1.29, 1.82) is 0 Å². The van der Waals surface area contributed by atoms with Gasteiger partial charge in [-0.25, -0.2) is 0 Å². The van der Waals surface area contributed by atoms with Gasteiger partial charge in [0.2, 0.25) is 11.8 Å². The highest BCUT2D eigenvalue weighted by Gasteiger charge is 2.39. The molecule has 4 rings (SSSR count). The Morgan fingerprint density at radius 3 is 2.34 bits per heavy atom. The molecule has 2 fully saturated rings. The minimum atomic E-state index is -0.598. The lowest BCUT2D eigenvalue weighted by molar-refractivity contribution is -0.161. The average Bonchev–Trinajstić information content (AvgIpc) is 3.19. The van der Waals surface area contributed by atoms with E-state index < -0.39 is 11.6 Å². The Labute approximate surface area is 226 Å². The summed E-state index contributed by atoms with van der Waals surface area (Å²) in [7, 11) is 0. The van der Waals surface area contributed by atoms with E-state index in [-0.39, 0.29) is 41.9 Å². The normalized spacial score (nSPS) is 21.8. The zero-order valence-corrected chi connectivity index (χ0v) is 24.0. The second-order valence-corrected chi connectivity index (χ2v) is 11.3. The number of hydrogen-bond acceptors (Lipinski definition) is 7. The van der Waals surface area contributed by atoms with Gasteiger partial charge < -0.3 is 14.5 Å². The first-order chi connectivity index (χ1) is 17.9. The van der Waals surface area contributed by atoms with E-state index in [4.69, 9.17) is 4.74 Å². The molecule has 0 saturated carbocycles. The number of fused-ring (bicyclic) bond motifs is 1. The number of piperazine rings is 1. The van der Waals surface area contributed by atoms with Crippen molar-refractivity contribution in [3.05, 3.63) is 29.3 Å². The fourth-order valence-electron chi connectivity index (χ4n) is 5.14. The van der Waals surface area contributed by atoms with Gasteiger partial charge in [-0.3, -0.25) is 29.4 Å². The molecule has 1 aromatic rings. The molecule has 0 spiro atoms. The number of imide groups is 1. The van der Waals surface area contributed by atoms with E-state index in [1.54, 1.807) is 4.90 Å². The van der Waals surface area contributed by atoms with E-state index in [0.29, 0.717) is 18.5 Å². The van der Waals surface area contributed by atoms with Crippen LogP contribution in [0.25, 0.3) is 0 Å². The van der Waals surface area contributed by atoms with Crippen LogP contribution in [0.15, 0.2) is 18.2 Å². The number of rotatable bonds is 6. The minimum absolute atomic E-state index is 0.146. The van der Waals surface area contributed by atoms with Gasteiger partial charge in [-0.05, 0) is 56.9 Å². The van der Waals surface area contributed by atoms with Crippen molar-refractivity contribution in [2.24, 2.45) is 11.8 Å². The Balaban J connectivity index is 0.00000195. The monoisotopic (exact) mass is 528 g/mol. The number of carbonyl (C=O) groups is 4. The molecule has 210 valence electrons. The third kappa shape index (κ3) is 6.92. The third-order valence-corrected chi connectivity index (χ3v) is 7.42. The Morgan fingerprint density at radius 2 is 1.74 bits per heavy atom. The molecule has 3 aliphatic heterocycles. The summed E-state index contributed by atoms with van der Waals surface area (Å²) < 4.78 is 5.56. The lowest BCUT2D eigenvalue weighted by Gasteiger charge is -2.38. The largest absolute Gasteiger partial charge is 0.460 e. The molecule has 3 amide bonds. The number of nitrogens with zero attached hydrogens (tertiary/aromatic N) is 3. The molecule has 3 aliphatic rings. The summed E-state index contributed by atoms with van der Waals surface area (Å²) in [5, 5.41) is 2.35.